The molecule has 2 heterocycles. The van der Waals surface area contributed by atoms with Gasteiger partial charge >= 0.3 is 0 Å². The maximum atomic E-state index is 12.7. The van der Waals surface area contributed by atoms with E-state index < -0.39 is 0 Å². The quantitative estimate of drug-likeness (QED) is 0.852. The van der Waals surface area contributed by atoms with Crippen molar-refractivity contribution in [3.63, 3.8) is 0 Å². The lowest BCUT2D eigenvalue weighted by Crippen LogP contribution is -2.48. The summed E-state index contributed by atoms with van der Waals surface area (Å²) in [6.07, 6.45) is 2.22. The third kappa shape index (κ3) is 3.25. The van der Waals surface area contributed by atoms with Crippen molar-refractivity contribution < 1.29 is 14.3 Å². The van der Waals surface area contributed by atoms with Gasteiger partial charge in [-0.25, -0.2) is 0 Å². The van der Waals surface area contributed by atoms with Gasteiger partial charge < -0.3 is 14.4 Å². The Kier molecular flexibility index (Phi) is 4.64. The minimum absolute atomic E-state index is 0.181. The van der Waals surface area contributed by atoms with Crippen molar-refractivity contribution in [1.82, 2.24) is 4.90 Å². The highest BCUT2D eigenvalue weighted by Crippen LogP contribution is 2.30. The van der Waals surface area contributed by atoms with Crippen molar-refractivity contribution in [1.29, 1.82) is 0 Å². The molecule has 120 valence electrons. The molecule has 0 radical (unpaired) electrons. The Bertz CT molecular complexity index is 547. The Morgan fingerprint density at radius 1 is 1.41 bits per heavy atom. The molecule has 0 spiro atoms. The zero-order chi connectivity index (χ0) is 15.5. The highest BCUT2D eigenvalue weighted by molar-refractivity contribution is 5.96. The number of fused-ring (bicyclic) bond motifs is 1. The number of rotatable bonds is 3. The minimum Gasteiger partial charge on any atom is -0.497 e. The van der Waals surface area contributed by atoms with Crippen LogP contribution in [-0.4, -0.2) is 56.8 Å². The van der Waals surface area contributed by atoms with Gasteiger partial charge in [-0.05, 0) is 43.5 Å². The van der Waals surface area contributed by atoms with Crippen LogP contribution in [0.3, 0.4) is 0 Å². The van der Waals surface area contributed by atoms with Crippen LogP contribution in [0.2, 0.25) is 0 Å². The molecular formula is C17H24N2O3. The summed E-state index contributed by atoms with van der Waals surface area (Å²) in [4.78, 5) is 16.8. The Labute approximate surface area is 131 Å². The van der Waals surface area contributed by atoms with E-state index in [1.807, 2.05) is 23.1 Å². The van der Waals surface area contributed by atoms with Crippen LogP contribution in [0.25, 0.3) is 0 Å². The van der Waals surface area contributed by atoms with Gasteiger partial charge in [0.2, 0.25) is 5.91 Å². The van der Waals surface area contributed by atoms with E-state index in [1.54, 1.807) is 7.11 Å². The Morgan fingerprint density at radius 2 is 2.27 bits per heavy atom. The van der Waals surface area contributed by atoms with Gasteiger partial charge in [-0.2, -0.15) is 0 Å². The molecule has 0 N–H and O–H groups in total. The van der Waals surface area contributed by atoms with E-state index >= 15 is 0 Å². The highest BCUT2D eigenvalue weighted by Gasteiger charge is 2.26. The number of carbonyl (C=O) groups excluding carboxylic acids is 1. The summed E-state index contributed by atoms with van der Waals surface area (Å²) in [6.45, 7) is 5.70. The normalized spacial score (nSPS) is 22.3. The van der Waals surface area contributed by atoms with Gasteiger partial charge in [-0.1, -0.05) is 0 Å². The van der Waals surface area contributed by atoms with Gasteiger partial charge in [0.25, 0.3) is 0 Å². The molecular weight excluding hydrogens is 280 g/mol. The summed E-state index contributed by atoms with van der Waals surface area (Å²) in [6, 6.07) is 5.99. The van der Waals surface area contributed by atoms with E-state index in [0.717, 1.165) is 43.9 Å². The zero-order valence-corrected chi connectivity index (χ0v) is 13.4. The molecule has 1 aromatic carbocycles. The summed E-state index contributed by atoms with van der Waals surface area (Å²) in [5, 5.41) is 0. The molecule has 2 aliphatic rings. The molecule has 1 fully saturated rings. The van der Waals surface area contributed by atoms with Crippen LogP contribution in [0.15, 0.2) is 18.2 Å². The van der Waals surface area contributed by atoms with E-state index in [4.69, 9.17) is 9.47 Å². The number of anilines is 1. The smallest absolute Gasteiger partial charge is 0.241 e. The van der Waals surface area contributed by atoms with Crippen LogP contribution in [0.5, 0.6) is 5.75 Å². The van der Waals surface area contributed by atoms with Crippen molar-refractivity contribution in [3.8, 4) is 5.75 Å². The number of nitrogens with zero attached hydrogens (tertiary/aromatic N) is 2. The Balaban J connectivity index is 1.71. The second kappa shape index (κ2) is 6.67. The molecule has 1 aromatic rings. The fraction of sp³-hybridized carbons (Fsp3) is 0.588. The maximum Gasteiger partial charge on any atom is 0.241 e. The first-order valence-corrected chi connectivity index (χ1v) is 7.98. The van der Waals surface area contributed by atoms with Crippen LogP contribution in [-0.2, 0) is 16.0 Å². The number of aryl methyl sites for hydroxylation is 1. The zero-order valence-electron chi connectivity index (χ0n) is 13.4. The van der Waals surface area contributed by atoms with Crippen LogP contribution in [0, 0.1) is 0 Å². The molecule has 5 nitrogen and oxygen atoms in total. The van der Waals surface area contributed by atoms with Crippen LogP contribution >= 0.6 is 0 Å². The molecule has 0 saturated carbocycles. The van der Waals surface area contributed by atoms with Crippen molar-refractivity contribution >= 4 is 11.6 Å². The summed E-state index contributed by atoms with van der Waals surface area (Å²) in [5.41, 5.74) is 2.24. The van der Waals surface area contributed by atoms with E-state index in [1.165, 1.54) is 5.56 Å². The molecule has 1 saturated heterocycles. The lowest BCUT2D eigenvalue weighted by atomic mass is 10.0. The number of hydrogen-bond donors (Lipinski definition) is 0. The van der Waals surface area contributed by atoms with Crippen LogP contribution in [0.4, 0.5) is 5.69 Å². The number of benzene rings is 1. The SMILES string of the molecule is COc1ccc2c(c1)CCCN2C(=O)CN1CCO[C@@H](C)C1. The third-order valence-corrected chi connectivity index (χ3v) is 4.39. The summed E-state index contributed by atoms with van der Waals surface area (Å²) >= 11 is 0. The lowest BCUT2D eigenvalue weighted by molar-refractivity contribution is -0.121. The largest absolute Gasteiger partial charge is 0.497 e. The lowest BCUT2D eigenvalue weighted by Gasteiger charge is -2.34. The standard InChI is InChI=1S/C17H24N2O3/c1-13-11-18(8-9-22-13)12-17(20)19-7-3-4-14-10-15(21-2)5-6-16(14)19/h5-6,10,13H,3-4,7-9,11-12H2,1-2H3/t13-/m0/s1. The highest BCUT2D eigenvalue weighted by atomic mass is 16.5. The van der Waals surface area contributed by atoms with Gasteiger partial charge in [0.05, 0.1) is 26.4 Å². The van der Waals surface area contributed by atoms with Crippen molar-refractivity contribution in [2.24, 2.45) is 0 Å². The summed E-state index contributed by atoms with van der Waals surface area (Å²) in [7, 11) is 1.67. The number of ether oxygens (including phenoxy) is 2. The minimum atomic E-state index is 0.181. The topological polar surface area (TPSA) is 42.0 Å². The fourth-order valence-corrected chi connectivity index (χ4v) is 3.27. The summed E-state index contributed by atoms with van der Waals surface area (Å²) < 4.78 is 10.8. The number of methoxy groups -OCH3 is 1. The van der Waals surface area contributed by atoms with Crippen molar-refractivity contribution in [3.05, 3.63) is 23.8 Å². The number of hydrogen-bond acceptors (Lipinski definition) is 4. The predicted molar refractivity (Wildman–Crippen MR) is 85.5 cm³/mol. The Hall–Kier alpha value is -1.59. The van der Waals surface area contributed by atoms with Gasteiger partial charge in [0, 0.05) is 25.3 Å². The monoisotopic (exact) mass is 304 g/mol. The van der Waals surface area contributed by atoms with Crippen LogP contribution < -0.4 is 9.64 Å². The third-order valence-electron chi connectivity index (χ3n) is 4.39. The van der Waals surface area contributed by atoms with Gasteiger partial charge in [0.15, 0.2) is 0 Å². The maximum absolute atomic E-state index is 12.7. The van der Waals surface area contributed by atoms with Crippen molar-refractivity contribution in [2.45, 2.75) is 25.9 Å². The molecule has 1 atom stereocenters. The predicted octanol–water partition coefficient (Wildman–Crippen LogP) is 1.70. The first-order valence-electron chi connectivity index (χ1n) is 7.98. The second-order valence-corrected chi connectivity index (χ2v) is 6.06. The van der Waals surface area contributed by atoms with E-state index in [0.29, 0.717) is 13.2 Å². The average molecular weight is 304 g/mol. The van der Waals surface area contributed by atoms with Crippen LogP contribution in [0.1, 0.15) is 18.9 Å². The first-order chi connectivity index (χ1) is 10.7. The molecule has 0 bridgehead atoms. The van der Waals surface area contributed by atoms with Gasteiger partial charge in [-0.3, -0.25) is 9.69 Å². The van der Waals surface area contributed by atoms with Crippen molar-refractivity contribution in [2.75, 3.05) is 44.8 Å². The molecule has 3 rings (SSSR count). The first kappa shape index (κ1) is 15.3. The fourth-order valence-electron chi connectivity index (χ4n) is 3.27. The Morgan fingerprint density at radius 3 is 3.05 bits per heavy atom. The molecule has 2 aliphatic heterocycles. The summed E-state index contributed by atoms with van der Waals surface area (Å²) in [5.74, 6) is 1.04. The van der Waals surface area contributed by atoms with E-state index in [9.17, 15) is 4.79 Å². The molecule has 1 amide bonds. The van der Waals surface area contributed by atoms with Gasteiger partial charge in [-0.15, -0.1) is 0 Å². The number of morpholine rings is 1. The van der Waals surface area contributed by atoms with E-state index in [2.05, 4.69) is 11.8 Å². The molecule has 5 heteroatoms. The number of carbonyl (C=O) groups is 1. The van der Waals surface area contributed by atoms with E-state index in [-0.39, 0.29) is 12.0 Å². The van der Waals surface area contributed by atoms with Gasteiger partial charge in [0.1, 0.15) is 5.75 Å². The molecule has 22 heavy (non-hydrogen) atoms. The number of amides is 1. The second-order valence-electron chi connectivity index (χ2n) is 6.06. The molecule has 0 aromatic heterocycles. The molecule has 0 unspecified atom stereocenters. The average Bonchev–Trinajstić information content (AvgIpc) is 2.53. The molecule has 0 aliphatic carbocycles.